The number of urea groups is 1. The van der Waals surface area contributed by atoms with Gasteiger partial charge in [0.15, 0.2) is 0 Å². The molecule has 4 nitrogen and oxygen atoms in total. The molecule has 1 heterocycles. The van der Waals surface area contributed by atoms with Gasteiger partial charge in [0.05, 0.1) is 0 Å². The second-order valence-electron chi connectivity index (χ2n) is 4.10. The maximum absolute atomic E-state index is 11.9. The number of nitrogens with zero attached hydrogens (tertiary/aromatic N) is 1. The molecule has 0 unspecified atom stereocenters. The van der Waals surface area contributed by atoms with Gasteiger partial charge < -0.3 is 15.5 Å². The maximum Gasteiger partial charge on any atom is 0.321 e. The molecule has 1 fully saturated rings. The number of halogens is 1. The van der Waals surface area contributed by atoms with Crippen LogP contribution in [0, 0.1) is 0 Å². The molecule has 0 radical (unpaired) electrons. The molecule has 17 heavy (non-hydrogen) atoms. The minimum Gasteiger partial charge on any atom is -0.322 e. The number of hydrogen-bond donors (Lipinski definition) is 2. The highest BCUT2D eigenvalue weighted by Crippen LogP contribution is 2.07. The third kappa shape index (κ3) is 3.91. The highest BCUT2D eigenvalue weighted by molar-refractivity contribution is 5.89. The zero-order valence-electron chi connectivity index (χ0n) is 9.85. The molecule has 1 atom stereocenters. The van der Waals surface area contributed by atoms with Gasteiger partial charge in [-0.1, -0.05) is 18.2 Å². The van der Waals surface area contributed by atoms with E-state index in [-0.39, 0.29) is 18.4 Å². The van der Waals surface area contributed by atoms with Crippen LogP contribution < -0.4 is 10.6 Å². The summed E-state index contributed by atoms with van der Waals surface area (Å²) in [6.45, 7) is 4.48. The summed E-state index contributed by atoms with van der Waals surface area (Å²) in [5.74, 6) is 0. The second-order valence-corrected chi connectivity index (χ2v) is 4.10. The van der Waals surface area contributed by atoms with Crippen molar-refractivity contribution >= 4 is 24.1 Å². The monoisotopic (exact) mass is 255 g/mol. The van der Waals surface area contributed by atoms with E-state index in [1.54, 1.807) is 0 Å². The van der Waals surface area contributed by atoms with Gasteiger partial charge in [-0.15, -0.1) is 12.4 Å². The Bertz CT molecular complexity index is 358. The lowest BCUT2D eigenvalue weighted by Gasteiger charge is -2.31. The predicted octanol–water partition coefficient (Wildman–Crippen LogP) is 1.93. The lowest BCUT2D eigenvalue weighted by atomic mass is 10.2. The third-order valence-corrected chi connectivity index (χ3v) is 2.68. The predicted molar refractivity (Wildman–Crippen MR) is 71.7 cm³/mol. The summed E-state index contributed by atoms with van der Waals surface area (Å²) in [6.07, 6.45) is 0. The number of benzene rings is 1. The van der Waals surface area contributed by atoms with Crippen molar-refractivity contribution in [2.24, 2.45) is 0 Å². The second kappa shape index (κ2) is 6.47. The van der Waals surface area contributed by atoms with Crippen molar-refractivity contribution < 1.29 is 4.79 Å². The number of amides is 2. The molecule has 1 aliphatic rings. The van der Waals surface area contributed by atoms with E-state index < -0.39 is 0 Å². The Morgan fingerprint density at radius 1 is 1.41 bits per heavy atom. The molecular weight excluding hydrogens is 238 g/mol. The van der Waals surface area contributed by atoms with Crippen LogP contribution in [0.15, 0.2) is 30.3 Å². The molecule has 1 aliphatic heterocycles. The first-order chi connectivity index (χ1) is 7.75. The Hall–Kier alpha value is -1.26. The Morgan fingerprint density at radius 2 is 2.12 bits per heavy atom. The molecule has 1 aromatic rings. The molecule has 1 aromatic carbocycles. The fourth-order valence-electron chi connectivity index (χ4n) is 1.84. The molecule has 0 spiro atoms. The number of carbonyl (C=O) groups excluding carboxylic acids is 1. The Kier molecular flexibility index (Phi) is 5.25. The zero-order valence-corrected chi connectivity index (χ0v) is 10.7. The first-order valence-electron chi connectivity index (χ1n) is 5.60. The number of nitrogens with one attached hydrogen (secondary N) is 2. The summed E-state index contributed by atoms with van der Waals surface area (Å²) in [4.78, 5) is 13.7. The van der Waals surface area contributed by atoms with Gasteiger partial charge in [-0.25, -0.2) is 4.79 Å². The van der Waals surface area contributed by atoms with Crippen molar-refractivity contribution in [3.8, 4) is 0 Å². The van der Waals surface area contributed by atoms with Crippen LogP contribution in [0.4, 0.5) is 10.5 Å². The summed E-state index contributed by atoms with van der Waals surface area (Å²) >= 11 is 0. The van der Waals surface area contributed by atoms with Gasteiger partial charge in [0.2, 0.25) is 0 Å². The maximum atomic E-state index is 11.9. The lowest BCUT2D eigenvalue weighted by Crippen LogP contribution is -2.52. The standard InChI is InChI=1S/C12H17N3O.ClH/c1-10-9-15(8-7-13-10)12(16)14-11-5-3-2-4-6-11;/h2-6,10,13H,7-9H2,1H3,(H,14,16);1H/t10-;/m1./s1. The highest BCUT2D eigenvalue weighted by Gasteiger charge is 2.19. The SMILES string of the molecule is C[C@@H]1CN(C(=O)Nc2ccccc2)CCN1.Cl. The number of para-hydroxylation sites is 1. The minimum atomic E-state index is -0.0143. The molecule has 1 saturated heterocycles. The minimum absolute atomic E-state index is 0. The summed E-state index contributed by atoms with van der Waals surface area (Å²) in [7, 11) is 0. The molecular formula is C12H18ClN3O. The van der Waals surface area contributed by atoms with Gasteiger partial charge in [-0.3, -0.25) is 0 Å². The van der Waals surface area contributed by atoms with Gasteiger partial charge >= 0.3 is 6.03 Å². The number of piperazine rings is 1. The molecule has 5 heteroatoms. The van der Waals surface area contributed by atoms with E-state index in [9.17, 15) is 4.79 Å². The summed E-state index contributed by atoms with van der Waals surface area (Å²) in [6, 6.07) is 9.90. The number of hydrogen-bond acceptors (Lipinski definition) is 2. The average Bonchev–Trinajstić information content (AvgIpc) is 2.30. The van der Waals surface area contributed by atoms with Gasteiger partial charge in [0, 0.05) is 31.4 Å². The van der Waals surface area contributed by atoms with Crippen molar-refractivity contribution in [3.63, 3.8) is 0 Å². The van der Waals surface area contributed by atoms with E-state index in [1.807, 2.05) is 35.2 Å². The molecule has 2 rings (SSSR count). The third-order valence-electron chi connectivity index (χ3n) is 2.68. The quantitative estimate of drug-likeness (QED) is 0.806. The van der Waals surface area contributed by atoms with Crippen molar-refractivity contribution in [3.05, 3.63) is 30.3 Å². The molecule has 0 bridgehead atoms. The van der Waals surface area contributed by atoms with Gasteiger partial charge in [0.1, 0.15) is 0 Å². The number of rotatable bonds is 1. The highest BCUT2D eigenvalue weighted by atomic mass is 35.5. The molecule has 0 aromatic heterocycles. The van der Waals surface area contributed by atoms with Crippen molar-refractivity contribution in [1.29, 1.82) is 0 Å². The van der Waals surface area contributed by atoms with Crippen LogP contribution in [0.2, 0.25) is 0 Å². The van der Waals surface area contributed by atoms with E-state index in [0.717, 1.165) is 25.3 Å². The smallest absolute Gasteiger partial charge is 0.321 e. The van der Waals surface area contributed by atoms with E-state index in [2.05, 4.69) is 17.6 Å². The first-order valence-corrected chi connectivity index (χ1v) is 5.60. The molecule has 94 valence electrons. The molecule has 0 saturated carbocycles. The average molecular weight is 256 g/mol. The van der Waals surface area contributed by atoms with Crippen LogP contribution >= 0.6 is 12.4 Å². The van der Waals surface area contributed by atoms with E-state index in [4.69, 9.17) is 0 Å². The Balaban J connectivity index is 0.00000144. The largest absolute Gasteiger partial charge is 0.322 e. The van der Waals surface area contributed by atoms with Crippen LogP contribution in [0.25, 0.3) is 0 Å². The van der Waals surface area contributed by atoms with Crippen molar-refractivity contribution in [1.82, 2.24) is 10.2 Å². The first kappa shape index (κ1) is 13.8. The zero-order chi connectivity index (χ0) is 11.4. The van der Waals surface area contributed by atoms with E-state index >= 15 is 0 Å². The Labute approximate surface area is 108 Å². The van der Waals surface area contributed by atoms with Gasteiger partial charge in [-0.2, -0.15) is 0 Å². The topological polar surface area (TPSA) is 44.4 Å². The summed E-state index contributed by atoms with van der Waals surface area (Å²) in [5, 5.41) is 6.20. The van der Waals surface area contributed by atoms with E-state index in [0.29, 0.717) is 6.04 Å². The summed E-state index contributed by atoms with van der Waals surface area (Å²) < 4.78 is 0. The molecule has 0 aliphatic carbocycles. The van der Waals surface area contributed by atoms with E-state index in [1.165, 1.54) is 0 Å². The molecule has 2 N–H and O–H groups in total. The van der Waals surface area contributed by atoms with Gasteiger partial charge in [0.25, 0.3) is 0 Å². The fourth-order valence-corrected chi connectivity index (χ4v) is 1.84. The summed E-state index contributed by atoms with van der Waals surface area (Å²) in [5.41, 5.74) is 0.846. The van der Waals surface area contributed by atoms with Crippen LogP contribution in [0.5, 0.6) is 0 Å². The normalized spacial score (nSPS) is 19.4. The fraction of sp³-hybridized carbons (Fsp3) is 0.417. The van der Waals surface area contributed by atoms with Crippen LogP contribution in [-0.4, -0.2) is 36.6 Å². The Morgan fingerprint density at radius 3 is 2.76 bits per heavy atom. The van der Waals surface area contributed by atoms with Crippen LogP contribution in [-0.2, 0) is 0 Å². The number of anilines is 1. The van der Waals surface area contributed by atoms with Crippen LogP contribution in [0.3, 0.4) is 0 Å². The molecule has 2 amide bonds. The van der Waals surface area contributed by atoms with Crippen molar-refractivity contribution in [2.45, 2.75) is 13.0 Å². The lowest BCUT2D eigenvalue weighted by molar-refractivity contribution is 0.192. The van der Waals surface area contributed by atoms with Crippen molar-refractivity contribution in [2.75, 3.05) is 25.0 Å². The van der Waals surface area contributed by atoms with Gasteiger partial charge in [-0.05, 0) is 19.1 Å². The number of carbonyl (C=O) groups is 1. The van der Waals surface area contributed by atoms with Crippen LogP contribution in [0.1, 0.15) is 6.92 Å².